The molecule has 0 unspecified atom stereocenters. The number of carbonyl (C=O) groups excluding carboxylic acids is 1. The van der Waals surface area contributed by atoms with Crippen LogP contribution in [0.2, 0.25) is 5.02 Å². The largest absolute Gasteiger partial charge is 0.476 e. The van der Waals surface area contributed by atoms with E-state index in [4.69, 9.17) is 16.3 Å². The number of amides is 1. The second-order valence-corrected chi connectivity index (χ2v) is 10.1. The summed E-state index contributed by atoms with van der Waals surface area (Å²) < 4.78 is 34.0. The number of anilines is 2. The average Bonchev–Trinajstić information content (AvgIpc) is 2.78. The average molecular weight is 471 g/mol. The van der Waals surface area contributed by atoms with Crippen molar-refractivity contribution in [1.82, 2.24) is 0 Å². The molecule has 8 heteroatoms. The normalized spacial score (nSPS) is 15.8. The summed E-state index contributed by atoms with van der Waals surface area (Å²) in [4.78, 5) is 13.2. The van der Waals surface area contributed by atoms with Crippen LogP contribution in [-0.4, -0.2) is 27.0 Å². The van der Waals surface area contributed by atoms with Crippen molar-refractivity contribution in [1.29, 1.82) is 0 Å². The monoisotopic (exact) mass is 470 g/mol. The summed E-state index contributed by atoms with van der Waals surface area (Å²) in [6, 6.07) is 20.3. The summed E-state index contributed by atoms with van der Waals surface area (Å²) in [6.45, 7) is 3.93. The van der Waals surface area contributed by atoms with Crippen molar-refractivity contribution in [2.45, 2.75) is 30.8 Å². The van der Waals surface area contributed by atoms with E-state index in [0.717, 1.165) is 5.56 Å². The van der Waals surface area contributed by atoms with Crippen LogP contribution >= 0.6 is 11.6 Å². The highest BCUT2D eigenvalue weighted by molar-refractivity contribution is 7.92. The highest BCUT2D eigenvalue weighted by Crippen LogP contribution is 2.37. The summed E-state index contributed by atoms with van der Waals surface area (Å²) in [5.74, 6) is 0.124. The summed E-state index contributed by atoms with van der Waals surface area (Å²) in [5.41, 5.74) is 2.05. The number of carbonyl (C=O) groups is 1. The second kappa shape index (κ2) is 8.84. The Hall–Kier alpha value is -3.03. The van der Waals surface area contributed by atoms with Crippen LogP contribution in [0.4, 0.5) is 11.4 Å². The maximum absolute atomic E-state index is 13.4. The van der Waals surface area contributed by atoms with Crippen molar-refractivity contribution in [2.75, 3.05) is 16.2 Å². The van der Waals surface area contributed by atoms with Gasteiger partial charge in [-0.25, -0.2) is 8.42 Å². The van der Waals surface area contributed by atoms with Gasteiger partial charge in [0.05, 0.1) is 17.1 Å². The topological polar surface area (TPSA) is 75.7 Å². The smallest absolute Gasteiger partial charge is 0.267 e. The van der Waals surface area contributed by atoms with Gasteiger partial charge in [0.2, 0.25) is 0 Å². The van der Waals surface area contributed by atoms with Crippen molar-refractivity contribution in [3.63, 3.8) is 0 Å². The first-order valence-corrected chi connectivity index (χ1v) is 12.0. The lowest BCUT2D eigenvalue weighted by Crippen LogP contribution is -2.48. The molecule has 4 rings (SSSR count). The molecule has 0 aliphatic carbocycles. The van der Waals surface area contributed by atoms with Gasteiger partial charge in [0, 0.05) is 10.7 Å². The summed E-state index contributed by atoms with van der Waals surface area (Å²) >= 11 is 5.92. The predicted molar refractivity (Wildman–Crippen MR) is 126 cm³/mol. The Bertz CT molecular complexity index is 1240. The fourth-order valence-electron chi connectivity index (χ4n) is 3.63. The molecular weight excluding hydrogens is 448 g/mol. The Balaban J connectivity index is 1.67. The maximum Gasteiger partial charge on any atom is 0.267 e. The van der Waals surface area contributed by atoms with Crippen molar-refractivity contribution < 1.29 is 17.9 Å². The molecule has 0 fully saturated rings. The first-order chi connectivity index (χ1) is 15.3. The Morgan fingerprint density at radius 3 is 2.41 bits per heavy atom. The van der Waals surface area contributed by atoms with E-state index < -0.39 is 22.0 Å². The molecule has 0 radical (unpaired) electrons. The van der Waals surface area contributed by atoms with Crippen LogP contribution in [0.3, 0.4) is 0 Å². The number of nitrogens with zero attached hydrogens (tertiary/aromatic N) is 1. The van der Waals surface area contributed by atoms with E-state index in [1.165, 1.54) is 28.6 Å². The molecule has 1 N–H and O–H groups in total. The number of halogens is 1. The van der Waals surface area contributed by atoms with Crippen molar-refractivity contribution >= 4 is 38.9 Å². The van der Waals surface area contributed by atoms with Crippen LogP contribution in [0.1, 0.15) is 25.3 Å². The molecule has 3 aromatic rings. The molecule has 166 valence electrons. The van der Waals surface area contributed by atoms with Gasteiger partial charge in [0.15, 0.2) is 6.10 Å². The van der Waals surface area contributed by atoms with Crippen LogP contribution in [0.25, 0.3) is 0 Å². The minimum Gasteiger partial charge on any atom is -0.476 e. The Morgan fingerprint density at radius 1 is 1.03 bits per heavy atom. The number of ether oxygens (including phenoxy) is 1. The number of nitrogens with one attached hydrogen (secondary N) is 1. The lowest BCUT2D eigenvalue weighted by atomic mass is 10.0. The quantitative estimate of drug-likeness (QED) is 0.565. The van der Waals surface area contributed by atoms with Gasteiger partial charge >= 0.3 is 0 Å². The van der Waals surface area contributed by atoms with Crippen LogP contribution in [0.5, 0.6) is 5.75 Å². The van der Waals surface area contributed by atoms with Crippen molar-refractivity contribution in [3.8, 4) is 5.75 Å². The fraction of sp³-hybridized carbons (Fsp3) is 0.208. The third kappa shape index (κ3) is 4.31. The molecule has 3 aromatic carbocycles. The lowest BCUT2D eigenvalue weighted by Gasteiger charge is -2.34. The third-order valence-electron chi connectivity index (χ3n) is 5.27. The van der Waals surface area contributed by atoms with Gasteiger partial charge < -0.3 is 10.1 Å². The van der Waals surface area contributed by atoms with E-state index in [2.05, 4.69) is 5.32 Å². The molecular formula is C24H23ClN2O4S. The highest BCUT2D eigenvalue weighted by atomic mass is 35.5. The minimum atomic E-state index is -3.94. The van der Waals surface area contributed by atoms with E-state index in [-0.39, 0.29) is 17.4 Å². The molecule has 1 heterocycles. The van der Waals surface area contributed by atoms with Crippen LogP contribution in [0, 0.1) is 0 Å². The van der Waals surface area contributed by atoms with Gasteiger partial charge in [0.25, 0.3) is 15.9 Å². The summed E-state index contributed by atoms with van der Waals surface area (Å²) in [6.07, 6.45) is -1.02. The van der Waals surface area contributed by atoms with Crippen LogP contribution in [0.15, 0.2) is 77.7 Å². The van der Waals surface area contributed by atoms with Gasteiger partial charge in [-0.15, -0.1) is 0 Å². The van der Waals surface area contributed by atoms with E-state index in [9.17, 15) is 13.2 Å². The molecule has 6 nitrogen and oxygen atoms in total. The van der Waals surface area contributed by atoms with Crippen molar-refractivity contribution in [2.24, 2.45) is 0 Å². The van der Waals surface area contributed by atoms with E-state index >= 15 is 0 Å². The van der Waals surface area contributed by atoms with Crippen LogP contribution in [-0.2, 0) is 14.8 Å². The standard InChI is InChI=1S/C24H23ClN2O4S/c1-16(2)19-7-3-4-8-20(19)26-24(28)23-15-27(21-9-5-6-10-22(21)31-23)32(29,30)18-13-11-17(25)12-14-18/h3-14,16,23H,15H2,1-2H3,(H,26,28)/t23-/m1/s1. The molecule has 1 aliphatic heterocycles. The number of fused-ring (bicyclic) bond motifs is 1. The minimum absolute atomic E-state index is 0.0860. The first-order valence-electron chi connectivity index (χ1n) is 10.2. The van der Waals surface area contributed by atoms with E-state index in [1.807, 2.05) is 38.1 Å². The van der Waals surface area contributed by atoms with Gasteiger partial charge in [0.1, 0.15) is 5.75 Å². The zero-order valence-electron chi connectivity index (χ0n) is 17.7. The van der Waals surface area contributed by atoms with Gasteiger partial charge in [-0.3, -0.25) is 9.10 Å². The number of para-hydroxylation sites is 3. The number of sulfonamides is 1. The Kier molecular flexibility index (Phi) is 6.13. The zero-order chi connectivity index (χ0) is 22.9. The Morgan fingerprint density at radius 2 is 1.69 bits per heavy atom. The molecule has 0 aromatic heterocycles. The SMILES string of the molecule is CC(C)c1ccccc1NC(=O)[C@H]1CN(S(=O)(=O)c2ccc(Cl)cc2)c2ccccc2O1. The molecule has 0 bridgehead atoms. The molecule has 0 saturated heterocycles. The first kappa shape index (κ1) is 22.2. The molecule has 0 spiro atoms. The van der Waals surface area contributed by atoms with Gasteiger partial charge in [-0.05, 0) is 53.9 Å². The van der Waals surface area contributed by atoms with Crippen molar-refractivity contribution in [3.05, 3.63) is 83.4 Å². The molecule has 0 saturated carbocycles. The predicted octanol–water partition coefficient (Wildman–Crippen LogP) is 5.06. The van der Waals surface area contributed by atoms with Gasteiger partial charge in [-0.2, -0.15) is 0 Å². The highest BCUT2D eigenvalue weighted by Gasteiger charge is 2.37. The van der Waals surface area contributed by atoms with Gasteiger partial charge in [-0.1, -0.05) is 55.8 Å². The fourth-order valence-corrected chi connectivity index (χ4v) is 5.23. The zero-order valence-corrected chi connectivity index (χ0v) is 19.2. The van der Waals surface area contributed by atoms with Crippen LogP contribution < -0.4 is 14.4 Å². The number of hydrogen-bond acceptors (Lipinski definition) is 4. The lowest BCUT2D eigenvalue weighted by molar-refractivity contribution is -0.122. The second-order valence-electron chi connectivity index (χ2n) is 7.80. The van der Waals surface area contributed by atoms with E-state index in [1.54, 1.807) is 24.3 Å². The maximum atomic E-state index is 13.4. The molecule has 1 amide bonds. The third-order valence-corrected chi connectivity index (χ3v) is 7.32. The number of benzene rings is 3. The Labute approximate surface area is 192 Å². The number of rotatable bonds is 5. The summed E-state index contributed by atoms with van der Waals surface area (Å²) in [7, 11) is -3.94. The van der Waals surface area contributed by atoms with E-state index in [0.29, 0.717) is 22.1 Å². The summed E-state index contributed by atoms with van der Waals surface area (Å²) in [5, 5.41) is 3.35. The molecule has 1 aliphatic rings. The molecule has 1 atom stereocenters. The number of hydrogen-bond donors (Lipinski definition) is 1. The molecule has 32 heavy (non-hydrogen) atoms.